The lowest BCUT2D eigenvalue weighted by molar-refractivity contribution is -0.161. The number of benzene rings is 2. The Hall–Kier alpha value is -1.72. The summed E-state index contributed by atoms with van der Waals surface area (Å²) >= 11 is 0. The molecule has 0 unspecified atom stereocenters. The van der Waals surface area contributed by atoms with Gasteiger partial charge in [0.15, 0.2) is 0 Å². The third-order valence-electron chi connectivity index (χ3n) is 2.87. The van der Waals surface area contributed by atoms with E-state index < -0.39 is 28.9 Å². The van der Waals surface area contributed by atoms with E-state index in [0.717, 1.165) is 12.1 Å². The van der Waals surface area contributed by atoms with E-state index in [4.69, 9.17) is 0 Å². The number of fused-ring (bicyclic) bond motifs is 1. The summed E-state index contributed by atoms with van der Waals surface area (Å²) in [6.45, 7) is 1.55. The molecule has 0 aliphatic rings. The molecule has 0 bridgehead atoms. The number of hydrogen-bond acceptors (Lipinski definition) is 0. The molecule has 0 fully saturated rings. The lowest BCUT2D eigenvalue weighted by atomic mass is 9.95. The van der Waals surface area contributed by atoms with E-state index in [-0.39, 0.29) is 5.39 Å². The first-order valence-corrected chi connectivity index (χ1v) is 5.29. The van der Waals surface area contributed by atoms with Crippen molar-refractivity contribution in [1.82, 2.24) is 0 Å². The molecule has 0 saturated heterocycles. The highest BCUT2D eigenvalue weighted by atomic mass is 19.4. The molecule has 19 heavy (non-hydrogen) atoms. The van der Waals surface area contributed by atoms with Crippen LogP contribution in [-0.4, -0.2) is 0 Å². The molecule has 102 valence electrons. The van der Waals surface area contributed by atoms with Crippen LogP contribution in [-0.2, 0) is 12.4 Å². The maximum Gasteiger partial charge on any atom is 0.417 e. The Labute approximate surface area is 104 Å². The second-order valence-electron chi connectivity index (χ2n) is 4.15. The molecule has 0 spiro atoms. The molecular weight excluding hydrogens is 270 g/mol. The largest absolute Gasteiger partial charge is 0.417 e. The van der Waals surface area contributed by atoms with Crippen LogP contribution in [0.4, 0.5) is 26.3 Å². The molecule has 0 radical (unpaired) electrons. The topological polar surface area (TPSA) is 0 Å². The maximum atomic E-state index is 12.9. The van der Waals surface area contributed by atoms with Gasteiger partial charge in [0.2, 0.25) is 0 Å². The fourth-order valence-electron chi connectivity index (χ4n) is 2.06. The van der Waals surface area contributed by atoms with Gasteiger partial charge < -0.3 is 0 Å². The highest BCUT2D eigenvalue weighted by Gasteiger charge is 2.44. The van der Waals surface area contributed by atoms with Crippen molar-refractivity contribution in [2.75, 3.05) is 0 Å². The standard InChI is InChI=1S/C13H8F6/c1-7-3-2-4-9-8(7)5-6-10(12(14,15)16)11(9)13(17,18)19/h2-6H,1H3. The molecule has 2 aromatic carbocycles. The van der Waals surface area contributed by atoms with Gasteiger partial charge in [0.1, 0.15) is 0 Å². The second kappa shape index (κ2) is 4.15. The lowest BCUT2D eigenvalue weighted by Gasteiger charge is -2.18. The maximum absolute atomic E-state index is 12.9. The van der Waals surface area contributed by atoms with E-state index in [1.165, 1.54) is 6.07 Å². The summed E-state index contributed by atoms with van der Waals surface area (Å²) < 4.78 is 76.9. The van der Waals surface area contributed by atoms with Crippen LogP contribution in [0.3, 0.4) is 0 Å². The Morgan fingerprint density at radius 2 is 1.37 bits per heavy atom. The first-order chi connectivity index (χ1) is 8.62. The molecule has 0 aromatic heterocycles. The normalized spacial score (nSPS) is 13.0. The fraction of sp³-hybridized carbons (Fsp3) is 0.231. The van der Waals surface area contributed by atoms with Crippen molar-refractivity contribution in [3.8, 4) is 0 Å². The SMILES string of the molecule is Cc1cccc2c(C(F)(F)F)c(C(F)(F)F)ccc12. The Kier molecular flexibility index (Phi) is 2.99. The Morgan fingerprint density at radius 1 is 0.737 bits per heavy atom. The van der Waals surface area contributed by atoms with E-state index in [1.54, 1.807) is 13.0 Å². The summed E-state index contributed by atoms with van der Waals surface area (Å²) in [4.78, 5) is 0. The van der Waals surface area contributed by atoms with Crippen LogP contribution in [0.1, 0.15) is 16.7 Å². The third kappa shape index (κ3) is 2.39. The summed E-state index contributed by atoms with van der Waals surface area (Å²) in [7, 11) is 0. The van der Waals surface area contributed by atoms with Crippen molar-refractivity contribution in [1.29, 1.82) is 0 Å². The highest BCUT2D eigenvalue weighted by Crippen LogP contribution is 2.44. The molecule has 2 aromatic rings. The number of alkyl halides is 6. The van der Waals surface area contributed by atoms with Gasteiger partial charge in [-0.3, -0.25) is 0 Å². The minimum atomic E-state index is -5.06. The van der Waals surface area contributed by atoms with Gasteiger partial charge in [-0.25, -0.2) is 0 Å². The zero-order valence-electron chi connectivity index (χ0n) is 9.65. The van der Waals surface area contributed by atoms with Crippen LogP contribution < -0.4 is 0 Å². The first-order valence-electron chi connectivity index (χ1n) is 5.29. The Morgan fingerprint density at radius 3 is 1.89 bits per heavy atom. The first kappa shape index (κ1) is 13.7. The Bertz CT molecular complexity index is 621. The van der Waals surface area contributed by atoms with Crippen molar-refractivity contribution in [2.24, 2.45) is 0 Å². The van der Waals surface area contributed by atoms with Crippen LogP contribution >= 0.6 is 0 Å². The monoisotopic (exact) mass is 278 g/mol. The zero-order chi connectivity index (χ0) is 14.4. The molecule has 0 atom stereocenters. The van der Waals surface area contributed by atoms with Gasteiger partial charge in [0, 0.05) is 0 Å². The van der Waals surface area contributed by atoms with Gasteiger partial charge in [-0.05, 0) is 29.3 Å². The van der Waals surface area contributed by atoms with Crippen molar-refractivity contribution in [2.45, 2.75) is 19.3 Å². The van der Waals surface area contributed by atoms with Crippen LogP contribution in [0.15, 0.2) is 30.3 Å². The molecule has 0 aliphatic carbocycles. The van der Waals surface area contributed by atoms with Gasteiger partial charge in [0.25, 0.3) is 0 Å². The summed E-state index contributed by atoms with van der Waals surface area (Å²) in [5, 5.41) is -0.259. The van der Waals surface area contributed by atoms with Crippen LogP contribution in [0.5, 0.6) is 0 Å². The minimum Gasteiger partial charge on any atom is -0.166 e. The number of hydrogen-bond donors (Lipinski definition) is 0. The predicted molar refractivity (Wildman–Crippen MR) is 58.7 cm³/mol. The second-order valence-corrected chi connectivity index (χ2v) is 4.15. The molecule has 2 rings (SSSR count). The smallest absolute Gasteiger partial charge is 0.166 e. The van der Waals surface area contributed by atoms with E-state index >= 15 is 0 Å². The molecule has 0 nitrogen and oxygen atoms in total. The van der Waals surface area contributed by atoms with Crippen molar-refractivity contribution in [3.63, 3.8) is 0 Å². The fourth-order valence-corrected chi connectivity index (χ4v) is 2.06. The Balaban J connectivity index is 2.94. The van der Waals surface area contributed by atoms with Gasteiger partial charge in [0.05, 0.1) is 11.1 Å². The van der Waals surface area contributed by atoms with Gasteiger partial charge >= 0.3 is 12.4 Å². The number of rotatable bonds is 0. The van der Waals surface area contributed by atoms with Gasteiger partial charge in [-0.1, -0.05) is 24.3 Å². The summed E-state index contributed by atoms with van der Waals surface area (Å²) in [6, 6.07) is 5.48. The molecule has 0 amide bonds. The zero-order valence-corrected chi connectivity index (χ0v) is 9.65. The van der Waals surface area contributed by atoms with Crippen LogP contribution in [0.2, 0.25) is 0 Å². The van der Waals surface area contributed by atoms with E-state index in [1.807, 2.05) is 0 Å². The lowest BCUT2D eigenvalue weighted by Crippen LogP contribution is -2.17. The summed E-state index contributed by atoms with van der Waals surface area (Å²) in [5.41, 5.74) is -2.78. The van der Waals surface area contributed by atoms with Crippen LogP contribution in [0, 0.1) is 6.92 Å². The van der Waals surface area contributed by atoms with Gasteiger partial charge in [-0.15, -0.1) is 0 Å². The molecular formula is C13H8F6. The van der Waals surface area contributed by atoms with Crippen LogP contribution in [0.25, 0.3) is 10.8 Å². The summed E-state index contributed by atoms with van der Waals surface area (Å²) in [5.74, 6) is 0. The quantitative estimate of drug-likeness (QED) is 0.582. The average molecular weight is 278 g/mol. The number of aryl methyl sites for hydroxylation is 1. The number of halogens is 6. The predicted octanol–water partition coefficient (Wildman–Crippen LogP) is 5.19. The summed E-state index contributed by atoms with van der Waals surface area (Å²) in [6.07, 6.45) is -10.1. The molecule has 6 heteroatoms. The minimum absolute atomic E-state index is 0.169. The highest BCUT2D eigenvalue weighted by molar-refractivity contribution is 5.90. The van der Waals surface area contributed by atoms with Crippen molar-refractivity contribution >= 4 is 10.8 Å². The molecule has 0 saturated carbocycles. The average Bonchev–Trinajstić information content (AvgIpc) is 2.25. The molecule has 0 N–H and O–H groups in total. The van der Waals surface area contributed by atoms with E-state index in [2.05, 4.69) is 0 Å². The van der Waals surface area contributed by atoms with Crippen molar-refractivity contribution in [3.05, 3.63) is 47.0 Å². The van der Waals surface area contributed by atoms with Crippen molar-refractivity contribution < 1.29 is 26.3 Å². The van der Waals surface area contributed by atoms with Gasteiger partial charge in [-0.2, -0.15) is 26.3 Å². The van der Waals surface area contributed by atoms with E-state index in [9.17, 15) is 26.3 Å². The molecule has 0 heterocycles. The third-order valence-corrected chi connectivity index (χ3v) is 2.87. The van der Waals surface area contributed by atoms with E-state index in [0.29, 0.717) is 11.6 Å². The molecule has 0 aliphatic heterocycles.